The number of benzene rings is 1. The van der Waals surface area contributed by atoms with Gasteiger partial charge in [0.2, 0.25) is 0 Å². The number of carbonyl (C=O) groups excluding carboxylic acids is 1. The summed E-state index contributed by atoms with van der Waals surface area (Å²) in [6, 6.07) is 7.30. The summed E-state index contributed by atoms with van der Waals surface area (Å²) < 4.78 is 0. The highest BCUT2D eigenvalue weighted by atomic mass is 16.3. The molecule has 16 heavy (non-hydrogen) atoms. The molecule has 1 heterocycles. The lowest BCUT2D eigenvalue weighted by Gasteiger charge is -2.31. The number of fused-ring (bicyclic) bond motifs is 1. The molecule has 0 saturated heterocycles. The van der Waals surface area contributed by atoms with Gasteiger partial charge in [-0.25, -0.2) is 0 Å². The minimum Gasteiger partial charge on any atom is -0.388 e. The monoisotopic (exact) mass is 219 g/mol. The highest BCUT2D eigenvalue weighted by Crippen LogP contribution is 2.38. The van der Waals surface area contributed by atoms with Crippen molar-refractivity contribution in [3.8, 4) is 0 Å². The van der Waals surface area contributed by atoms with E-state index in [0.717, 1.165) is 5.56 Å². The Hall–Kier alpha value is -1.35. The molecular weight excluding hydrogens is 202 g/mol. The molecule has 0 bridgehead atoms. The molecule has 1 atom stereocenters. The lowest BCUT2D eigenvalue weighted by molar-refractivity contribution is 0.0320. The standard InChI is InChI=1S/C13H17NO2/c1-13(2)8-14(3)12(16)10-7-5-4-6-9(10)11(13)15/h4-7,11,15H,8H2,1-3H3. The summed E-state index contributed by atoms with van der Waals surface area (Å²) in [6.45, 7) is 4.51. The minimum atomic E-state index is -0.599. The molecule has 3 nitrogen and oxygen atoms in total. The first-order valence-corrected chi connectivity index (χ1v) is 5.46. The summed E-state index contributed by atoms with van der Waals surface area (Å²) in [4.78, 5) is 13.8. The van der Waals surface area contributed by atoms with Crippen LogP contribution in [0.15, 0.2) is 24.3 Å². The van der Waals surface area contributed by atoms with Gasteiger partial charge in [0.1, 0.15) is 0 Å². The number of rotatable bonds is 0. The molecule has 1 aliphatic heterocycles. The summed E-state index contributed by atoms with van der Waals surface area (Å²) in [5, 5.41) is 10.3. The van der Waals surface area contributed by atoms with E-state index in [2.05, 4.69) is 0 Å². The number of aliphatic hydroxyl groups is 1. The summed E-state index contributed by atoms with van der Waals surface area (Å²) in [7, 11) is 1.78. The van der Waals surface area contributed by atoms with Gasteiger partial charge in [0.25, 0.3) is 5.91 Å². The molecule has 0 saturated carbocycles. The largest absolute Gasteiger partial charge is 0.388 e. The van der Waals surface area contributed by atoms with E-state index in [1.165, 1.54) is 0 Å². The Morgan fingerprint density at radius 2 is 2.00 bits per heavy atom. The average molecular weight is 219 g/mol. The maximum atomic E-state index is 12.1. The lowest BCUT2D eigenvalue weighted by Crippen LogP contribution is -2.35. The van der Waals surface area contributed by atoms with E-state index in [1.807, 2.05) is 32.0 Å². The van der Waals surface area contributed by atoms with Gasteiger partial charge < -0.3 is 10.0 Å². The number of carbonyl (C=O) groups is 1. The lowest BCUT2D eigenvalue weighted by atomic mass is 9.82. The van der Waals surface area contributed by atoms with E-state index < -0.39 is 6.10 Å². The fraction of sp³-hybridized carbons (Fsp3) is 0.462. The Kier molecular flexibility index (Phi) is 2.50. The molecule has 0 radical (unpaired) electrons. The normalized spacial score (nSPS) is 23.9. The Bertz CT molecular complexity index is 426. The number of aliphatic hydroxyl groups excluding tert-OH is 1. The first kappa shape index (κ1) is 11.1. The van der Waals surface area contributed by atoms with Crippen LogP contribution in [-0.2, 0) is 0 Å². The number of hydrogen-bond donors (Lipinski definition) is 1. The third kappa shape index (κ3) is 1.61. The van der Waals surface area contributed by atoms with E-state index in [1.54, 1.807) is 18.0 Å². The molecule has 0 aromatic heterocycles. The van der Waals surface area contributed by atoms with Gasteiger partial charge in [0.15, 0.2) is 0 Å². The van der Waals surface area contributed by atoms with Gasteiger partial charge >= 0.3 is 0 Å². The van der Waals surface area contributed by atoms with Gasteiger partial charge in [-0.2, -0.15) is 0 Å². The predicted octanol–water partition coefficient (Wildman–Crippen LogP) is 1.83. The van der Waals surface area contributed by atoms with Crippen molar-refractivity contribution in [2.45, 2.75) is 20.0 Å². The molecule has 0 spiro atoms. The fourth-order valence-corrected chi connectivity index (χ4v) is 2.33. The molecule has 0 fully saturated rings. The second kappa shape index (κ2) is 3.59. The van der Waals surface area contributed by atoms with E-state index in [-0.39, 0.29) is 11.3 Å². The second-order valence-electron chi connectivity index (χ2n) is 5.14. The third-order valence-corrected chi connectivity index (χ3v) is 3.22. The molecule has 1 N–H and O–H groups in total. The van der Waals surface area contributed by atoms with Crippen LogP contribution in [0.4, 0.5) is 0 Å². The molecule has 1 amide bonds. The molecule has 1 unspecified atom stereocenters. The van der Waals surface area contributed by atoms with E-state index in [4.69, 9.17) is 0 Å². The minimum absolute atomic E-state index is 0.0137. The van der Waals surface area contributed by atoms with Crippen molar-refractivity contribution in [2.75, 3.05) is 13.6 Å². The number of nitrogens with zero attached hydrogens (tertiary/aromatic N) is 1. The molecule has 1 aromatic rings. The zero-order chi connectivity index (χ0) is 11.9. The van der Waals surface area contributed by atoms with E-state index >= 15 is 0 Å². The quantitative estimate of drug-likeness (QED) is 0.723. The van der Waals surface area contributed by atoms with E-state index in [0.29, 0.717) is 12.1 Å². The van der Waals surface area contributed by atoms with Crippen LogP contribution in [0.1, 0.15) is 35.9 Å². The highest BCUT2D eigenvalue weighted by molar-refractivity contribution is 5.96. The summed E-state index contributed by atoms with van der Waals surface area (Å²) in [6.07, 6.45) is -0.599. The van der Waals surface area contributed by atoms with Crippen LogP contribution < -0.4 is 0 Å². The van der Waals surface area contributed by atoms with Crippen LogP contribution in [0.25, 0.3) is 0 Å². The van der Waals surface area contributed by atoms with E-state index in [9.17, 15) is 9.90 Å². The van der Waals surface area contributed by atoms with Gasteiger partial charge in [0.05, 0.1) is 6.10 Å². The van der Waals surface area contributed by atoms with Crippen LogP contribution in [0.2, 0.25) is 0 Å². The Labute approximate surface area is 95.7 Å². The maximum Gasteiger partial charge on any atom is 0.253 e. The number of hydrogen-bond acceptors (Lipinski definition) is 2. The molecule has 3 heteroatoms. The SMILES string of the molecule is CN1CC(C)(C)C(O)c2ccccc2C1=O. The van der Waals surface area contributed by atoms with Gasteiger partial charge in [0, 0.05) is 24.6 Å². The first-order chi connectivity index (χ1) is 7.43. The molecular formula is C13H17NO2. The van der Waals surface area contributed by atoms with Crippen LogP contribution in [0.5, 0.6) is 0 Å². The van der Waals surface area contributed by atoms with Crippen molar-refractivity contribution in [3.05, 3.63) is 35.4 Å². The van der Waals surface area contributed by atoms with Crippen LogP contribution in [0, 0.1) is 5.41 Å². The van der Waals surface area contributed by atoms with Gasteiger partial charge in [-0.3, -0.25) is 4.79 Å². The topological polar surface area (TPSA) is 40.5 Å². The van der Waals surface area contributed by atoms with Gasteiger partial charge in [-0.05, 0) is 11.6 Å². The Balaban J connectivity index is 2.60. The molecule has 1 aliphatic rings. The molecule has 2 rings (SSSR count). The van der Waals surface area contributed by atoms with Crippen molar-refractivity contribution in [2.24, 2.45) is 5.41 Å². The molecule has 86 valence electrons. The van der Waals surface area contributed by atoms with Crippen LogP contribution in [0.3, 0.4) is 0 Å². The highest BCUT2D eigenvalue weighted by Gasteiger charge is 2.37. The predicted molar refractivity (Wildman–Crippen MR) is 62.1 cm³/mol. The zero-order valence-electron chi connectivity index (χ0n) is 9.90. The zero-order valence-corrected chi connectivity index (χ0v) is 9.90. The first-order valence-electron chi connectivity index (χ1n) is 5.46. The van der Waals surface area contributed by atoms with Crippen molar-refractivity contribution in [1.29, 1.82) is 0 Å². The third-order valence-electron chi connectivity index (χ3n) is 3.22. The van der Waals surface area contributed by atoms with Crippen molar-refractivity contribution >= 4 is 5.91 Å². The Morgan fingerprint density at radius 1 is 1.38 bits per heavy atom. The molecule has 0 aliphatic carbocycles. The number of amides is 1. The Morgan fingerprint density at radius 3 is 2.69 bits per heavy atom. The smallest absolute Gasteiger partial charge is 0.253 e. The van der Waals surface area contributed by atoms with Gasteiger partial charge in [-0.15, -0.1) is 0 Å². The van der Waals surface area contributed by atoms with Crippen molar-refractivity contribution in [1.82, 2.24) is 4.90 Å². The van der Waals surface area contributed by atoms with Crippen LogP contribution in [-0.4, -0.2) is 29.5 Å². The van der Waals surface area contributed by atoms with Crippen molar-refractivity contribution in [3.63, 3.8) is 0 Å². The summed E-state index contributed by atoms with van der Waals surface area (Å²) in [5.41, 5.74) is 1.03. The maximum absolute atomic E-state index is 12.1. The second-order valence-corrected chi connectivity index (χ2v) is 5.14. The summed E-state index contributed by atoms with van der Waals surface area (Å²) in [5.74, 6) is -0.0137. The summed E-state index contributed by atoms with van der Waals surface area (Å²) >= 11 is 0. The van der Waals surface area contributed by atoms with Crippen LogP contribution >= 0.6 is 0 Å². The molecule has 1 aromatic carbocycles. The average Bonchev–Trinajstić information content (AvgIpc) is 2.31. The fourth-order valence-electron chi connectivity index (χ4n) is 2.33. The van der Waals surface area contributed by atoms with Crippen molar-refractivity contribution < 1.29 is 9.90 Å². The van der Waals surface area contributed by atoms with Gasteiger partial charge in [-0.1, -0.05) is 32.0 Å².